The Balaban J connectivity index is 1.11. The lowest BCUT2D eigenvalue weighted by atomic mass is 9.66. The number of phenols is 1. The molecule has 386 valence electrons. The molecule has 9 rings (SSSR count). The molecular formula is C45H34F10O17. The van der Waals surface area contributed by atoms with Crippen molar-refractivity contribution >= 4 is 17.9 Å². The average molecular weight is 1040 g/mol. The number of fused-ring (bicyclic) bond motifs is 4. The Kier molecular flexibility index (Phi) is 13.6. The van der Waals surface area contributed by atoms with Crippen LogP contribution in [0.25, 0.3) is 0 Å². The molecular weight excluding hydrogens is 1000 g/mol. The number of ether oxygens (including phenoxy) is 13. The number of rotatable bonds is 13. The summed E-state index contributed by atoms with van der Waals surface area (Å²) in [5.74, 6) is -35.8. The predicted molar refractivity (Wildman–Crippen MR) is 210 cm³/mol. The van der Waals surface area contributed by atoms with Crippen LogP contribution in [-0.2, 0) is 47.5 Å². The van der Waals surface area contributed by atoms with Crippen LogP contribution >= 0.6 is 0 Å². The molecule has 27 heteroatoms. The van der Waals surface area contributed by atoms with Crippen LogP contribution in [0.2, 0.25) is 0 Å². The van der Waals surface area contributed by atoms with Gasteiger partial charge in [0, 0.05) is 11.8 Å². The standard InChI is InChI=1S/C45H34F10O17/c1-13-62-9-22-39(68-13)42(70-23(56)10-63-40-33(52)29(48)27(46)30(49)34(40)53)43(71-24(57)11-64-41-35(54)31(50)28(47)32(51)36(41)55)45(69-22)72-38-16-7-19-18(66-12-67-19)6-15(16)25(26-17(38)8-65-44(26)59)14-4-20(60-2)37(58)21(5-14)61-3/h4-7,13,17,22,25-26,38-39,42-43,45,58H,8-12H2,1-3H3/t13-,17+,22-,25-,26?,38-,39-,42+,43-,45+/m1/s1. The van der Waals surface area contributed by atoms with Gasteiger partial charge in [-0.1, -0.05) is 0 Å². The van der Waals surface area contributed by atoms with E-state index in [-0.39, 0.29) is 47.7 Å². The summed E-state index contributed by atoms with van der Waals surface area (Å²) in [6.45, 7) is -2.88. The van der Waals surface area contributed by atoms with E-state index in [1.54, 1.807) is 0 Å². The van der Waals surface area contributed by atoms with Crippen LogP contribution in [0.1, 0.15) is 35.6 Å². The van der Waals surface area contributed by atoms with Crippen molar-refractivity contribution in [1.82, 2.24) is 0 Å². The van der Waals surface area contributed by atoms with E-state index in [0.29, 0.717) is 11.1 Å². The monoisotopic (exact) mass is 1040 g/mol. The summed E-state index contributed by atoms with van der Waals surface area (Å²) < 4.78 is 215. The third-order valence-electron chi connectivity index (χ3n) is 12.2. The highest BCUT2D eigenvalue weighted by Crippen LogP contribution is 2.57. The van der Waals surface area contributed by atoms with Gasteiger partial charge in [0.15, 0.2) is 72.5 Å². The zero-order chi connectivity index (χ0) is 51.6. The summed E-state index contributed by atoms with van der Waals surface area (Å²) >= 11 is 0. The van der Waals surface area contributed by atoms with Crippen LogP contribution in [0.5, 0.6) is 40.2 Å². The van der Waals surface area contributed by atoms with Gasteiger partial charge in [-0.25, -0.2) is 35.9 Å². The number of carbonyl (C=O) groups is 3. The highest BCUT2D eigenvalue weighted by molar-refractivity contribution is 5.79. The maximum atomic E-state index is 14.6. The van der Waals surface area contributed by atoms with Gasteiger partial charge in [0.25, 0.3) is 0 Å². The molecule has 3 fully saturated rings. The molecule has 10 atom stereocenters. The van der Waals surface area contributed by atoms with Crippen molar-refractivity contribution in [2.45, 2.75) is 55.9 Å². The van der Waals surface area contributed by atoms with Crippen LogP contribution in [0, 0.1) is 70.0 Å². The topological polar surface area (TPSA) is 191 Å². The number of esters is 3. The first-order chi connectivity index (χ1) is 34.3. The minimum Gasteiger partial charge on any atom is -0.502 e. The van der Waals surface area contributed by atoms with E-state index in [2.05, 4.69) is 4.74 Å². The number of hydrogen-bond donors (Lipinski definition) is 1. The van der Waals surface area contributed by atoms with Crippen molar-refractivity contribution in [3.05, 3.63) is 99.1 Å². The molecule has 17 nitrogen and oxygen atoms in total. The molecule has 0 radical (unpaired) electrons. The number of methoxy groups -OCH3 is 2. The average Bonchev–Trinajstić information content (AvgIpc) is 4.00. The van der Waals surface area contributed by atoms with Crippen LogP contribution in [0.15, 0.2) is 24.3 Å². The minimum absolute atomic E-state index is 0.0450. The fraction of sp³-hybridized carbons (Fsp3) is 0.400. The second-order valence-corrected chi connectivity index (χ2v) is 16.3. The Hall–Kier alpha value is -6.97. The zero-order valence-electron chi connectivity index (χ0n) is 36.9. The summed E-state index contributed by atoms with van der Waals surface area (Å²) in [4.78, 5) is 41.2. The third-order valence-corrected chi connectivity index (χ3v) is 12.2. The van der Waals surface area contributed by atoms with Gasteiger partial charge in [0.1, 0.15) is 12.2 Å². The molecule has 1 unspecified atom stereocenters. The molecule has 3 saturated heterocycles. The Morgan fingerprint density at radius 3 is 1.68 bits per heavy atom. The van der Waals surface area contributed by atoms with Gasteiger partial charge in [-0.2, -0.15) is 17.6 Å². The van der Waals surface area contributed by atoms with Crippen LogP contribution in [0.3, 0.4) is 0 Å². The summed E-state index contributed by atoms with van der Waals surface area (Å²) in [6.07, 6.45) is -11.8. The quantitative estimate of drug-likeness (QED) is 0.0540. The van der Waals surface area contributed by atoms with Gasteiger partial charge < -0.3 is 66.7 Å². The first-order valence-electron chi connectivity index (χ1n) is 21.1. The van der Waals surface area contributed by atoms with Crippen molar-refractivity contribution in [3.8, 4) is 40.2 Å². The van der Waals surface area contributed by atoms with Gasteiger partial charge in [-0.3, -0.25) is 4.79 Å². The summed E-state index contributed by atoms with van der Waals surface area (Å²) in [6, 6.07) is 5.94. The largest absolute Gasteiger partial charge is 0.502 e. The second-order valence-electron chi connectivity index (χ2n) is 16.3. The highest BCUT2D eigenvalue weighted by atomic mass is 19.2. The minimum atomic E-state index is -2.55. The predicted octanol–water partition coefficient (Wildman–Crippen LogP) is 5.99. The number of aromatic hydroxyl groups is 1. The number of hydrogen-bond acceptors (Lipinski definition) is 17. The molecule has 1 aliphatic carbocycles. The maximum absolute atomic E-state index is 14.6. The Morgan fingerprint density at radius 1 is 0.653 bits per heavy atom. The summed E-state index contributed by atoms with van der Waals surface area (Å²) in [7, 11) is 2.55. The lowest BCUT2D eigenvalue weighted by molar-refractivity contribution is -0.366. The van der Waals surface area contributed by atoms with Crippen molar-refractivity contribution in [2.75, 3.05) is 47.4 Å². The summed E-state index contributed by atoms with van der Waals surface area (Å²) in [5, 5.41) is 10.8. The molecule has 4 aliphatic heterocycles. The molecule has 4 aromatic carbocycles. The molecule has 5 aliphatic rings. The number of halogens is 10. The number of benzene rings is 4. The lowest BCUT2D eigenvalue weighted by Crippen LogP contribution is -2.65. The molecule has 1 N–H and O–H groups in total. The molecule has 0 spiro atoms. The second kappa shape index (κ2) is 19.6. The molecule has 0 saturated carbocycles. The SMILES string of the molecule is COc1cc([C@@H]2c3cc4c(cc3[C@@H](O[C@@H]3O[C@@H]5CO[C@@H](C)O[C@H]5[C@H](OC(=O)COc5c(F)c(F)c(F)c(F)c5F)[C@H]3OC(=O)COc3c(F)c(F)c(F)c(F)c3F)[C@H]3COC(=O)C23)OCO4)cc(OC)c1O. The fourth-order valence-electron chi connectivity index (χ4n) is 9.02. The van der Waals surface area contributed by atoms with Gasteiger partial charge in [-0.05, 0) is 47.9 Å². The summed E-state index contributed by atoms with van der Waals surface area (Å²) in [5.41, 5.74) is 0.927. The first-order valence-corrected chi connectivity index (χ1v) is 21.1. The van der Waals surface area contributed by atoms with Crippen LogP contribution in [-0.4, -0.2) is 107 Å². The molecule has 0 aromatic heterocycles. The van der Waals surface area contributed by atoms with Gasteiger partial charge in [-0.15, -0.1) is 0 Å². The number of cyclic esters (lactones) is 1. The fourth-order valence-corrected chi connectivity index (χ4v) is 9.02. The third kappa shape index (κ3) is 8.69. The van der Waals surface area contributed by atoms with Crippen LogP contribution in [0.4, 0.5) is 43.9 Å². The van der Waals surface area contributed by atoms with Gasteiger partial charge in [0.05, 0.1) is 39.5 Å². The molecule has 4 aromatic rings. The van der Waals surface area contributed by atoms with Gasteiger partial charge >= 0.3 is 17.9 Å². The van der Waals surface area contributed by atoms with Gasteiger partial charge in [0.2, 0.25) is 70.7 Å². The van der Waals surface area contributed by atoms with E-state index in [4.69, 9.17) is 56.8 Å². The van der Waals surface area contributed by atoms with E-state index < -0.39 is 168 Å². The molecule has 4 heterocycles. The van der Waals surface area contributed by atoms with E-state index in [9.17, 15) is 63.4 Å². The highest BCUT2D eigenvalue weighted by Gasteiger charge is 2.58. The molecule has 0 bridgehead atoms. The van der Waals surface area contributed by atoms with Crippen molar-refractivity contribution in [1.29, 1.82) is 0 Å². The van der Waals surface area contributed by atoms with E-state index in [1.165, 1.54) is 45.4 Å². The van der Waals surface area contributed by atoms with Crippen molar-refractivity contribution in [3.63, 3.8) is 0 Å². The van der Waals surface area contributed by atoms with Crippen LogP contribution < -0.4 is 28.4 Å². The van der Waals surface area contributed by atoms with E-state index >= 15 is 0 Å². The smallest absolute Gasteiger partial charge is 0.344 e. The zero-order valence-corrected chi connectivity index (χ0v) is 36.9. The Labute approximate surface area is 397 Å². The number of carbonyl (C=O) groups excluding carboxylic acids is 3. The number of phenolic OH excluding ortho intramolecular Hbond substituents is 1. The Bertz CT molecular complexity index is 2770. The van der Waals surface area contributed by atoms with Crippen molar-refractivity contribution in [2.24, 2.45) is 11.8 Å². The normalized spacial score (nSPS) is 25.9. The molecule has 0 amide bonds. The lowest BCUT2D eigenvalue weighted by Gasteiger charge is -2.49. The first kappa shape index (κ1) is 50.0. The van der Waals surface area contributed by atoms with Crippen molar-refractivity contribution < 1.29 is 125 Å². The maximum Gasteiger partial charge on any atom is 0.344 e. The Morgan fingerprint density at radius 2 is 1.15 bits per heavy atom. The van der Waals surface area contributed by atoms with E-state index in [0.717, 1.165) is 0 Å². The van der Waals surface area contributed by atoms with E-state index in [1.807, 2.05) is 0 Å². The molecule has 72 heavy (non-hydrogen) atoms.